The Labute approximate surface area is 137 Å². The molecule has 1 N–H and O–H groups in total. The molecule has 0 radical (unpaired) electrons. The SMILES string of the molecule is Cc1cnc([C@H]2CCCN(C(=O)CN3CCCCCC3=O)C2)[nH]1. The Kier molecular flexibility index (Phi) is 4.98. The van der Waals surface area contributed by atoms with E-state index in [0.29, 0.717) is 13.0 Å². The van der Waals surface area contributed by atoms with Crippen LogP contribution in [0.4, 0.5) is 0 Å². The second-order valence-corrected chi connectivity index (χ2v) is 6.76. The summed E-state index contributed by atoms with van der Waals surface area (Å²) in [6.07, 6.45) is 7.51. The van der Waals surface area contributed by atoms with Gasteiger partial charge in [-0.05, 0) is 32.6 Å². The number of nitrogens with zero attached hydrogens (tertiary/aromatic N) is 3. The van der Waals surface area contributed by atoms with Gasteiger partial charge in [-0.1, -0.05) is 6.42 Å². The molecule has 0 aromatic carbocycles. The van der Waals surface area contributed by atoms with E-state index < -0.39 is 0 Å². The van der Waals surface area contributed by atoms with Crippen LogP contribution >= 0.6 is 0 Å². The molecule has 23 heavy (non-hydrogen) atoms. The number of hydrogen-bond donors (Lipinski definition) is 1. The third-order valence-corrected chi connectivity index (χ3v) is 4.88. The van der Waals surface area contributed by atoms with Crippen LogP contribution in [0.2, 0.25) is 0 Å². The van der Waals surface area contributed by atoms with Crippen LogP contribution in [-0.4, -0.2) is 57.8 Å². The fourth-order valence-corrected chi connectivity index (χ4v) is 3.54. The molecule has 0 aliphatic carbocycles. The minimum Gasteiger partial charge on any atom is -0.346 e. The van der Waals surface area contributed by atoms with Gasteiger partial charge in [0, 0.05) is 43.9 Å². The molecule has 2 amide bonds. The number of H-pyrrole nitrogens is 1. The maximum Gasteiger partial charge on any atom is 0.242 e. The normalized spacial score (nSPS) is 23.0. The molecule has 0 unspecified atom stereocenters. The average Bonchev–Trinajstić information content (AvgIpc) is 2.89. The largest absolute Gasteiger partial charge is 0.346 e. The lowest BCUT2D eigenvalue weighted by molar-refractivity contribution is -0.140. The number of carbonyl (C=O) groups excluding carboxylic acids is 2. The van der Waals surface area contributed by atoms with Gasteiger partial charge in [-0.2, -0.15) is 0 Å². The molecule has 3 heterocycles. The third kappa shape index (κ3) is 3.92. The Hall–Kier alpha value is -1.85. The minimum absolute atomic E-state index is 0.0771. The van der Waals surface area contributed by atoms with Gasteiger partial charge in [0.1, 0.15) is 5.82 Å². The van der Waals surface area contributed by atoms with Gasteiger partial charge in [-0.25, -0.2) is 4.98 Å². The van der Waals surface area contributed by atoms with E-state index >= 15 is 0 Å². The van der Waals surface area contributed by atoms with Crippen LogP contribution < -0.4 is 0 Å². The summed E-state index contributed by atoms with van der Waals surface area (Å²) in [5.74, 6) is 1.46. The first-order chi connectivity index (χ1) is 11.1. The lowest BCUT2D eigenvalue weighted by Crippen LogP contribution is -2.46. The molecule has 1 aromatic rings. The van der Waals surface area contributed by atoms with E-state index in [9.17, 15) is 9.59 Å². The molecule has 1 atom stereocenters. The summed E-state index contributed by atoms with van der Waals surface area (Å²) in [6, 6.07) is 0. The number of piperidine rings is 1. The second kappa shape index (κ2) is 7.15. The Bertz CT molecular complexity index is 569. The minimum atomic E-state index is 0.0771. The van der Waals surface area contributed by atoms with Crippen LogP contribution in [0.5, 0.6) is 0 Å². The van der Waals surface area contributed by atoms with Crippen molar-refractivity contribution >= 4 is 11.8 Å². The van der Waals surface area contributed by atoms with Gasteiger partial charge >= 0.3 is 0 Å². The average molecular weight is 318 g/mol. The zero-order valence-corrected chi connectivity index (χ0v) is 13.9. The van der Waals surface area contributed by atoms with Crippen LogP contribution in [0.3, 0.4) is 0 Å². The molecule has 2 saturated heterocycles. The third-order valence-electron chi connectivity index (χ3n) is 4.88. The van der Waals surface area contributed by atoms with Gasteiger partial charge in [0.15, 0.2) is 0 Å². The number of aromatic amines is 1. The predicted molar refractivity (Wildman–Crippen MR) is 86.9 cm³/mol. The predicted octanol–water partition coefficient (Wildman–Crippen LogP) is 1.83. The quantitative estimate of drug-likeness (QED) is 0.924. The molecule has 6 heteroatoms. The van der Waals surface area contributed by atoms with Crippen molar-refractivity contribution in [3.63, 3.8) is 0 Å². The van der Waals surface area contributed by atoms with Crippen molar-refractivity contribution < 1.29 is 9.59 Å². The van der Waals surface area contributed by atoms with Crippen LogP contribution in [0, 0.1) is 6.92 Å². The molecular formula is C17H26N4O2. The monoisotopic (exact) mass is 318 g/mol. The topological polar surface area (TPSA) is 69.3 Å². The van der Waals surface area contributed by atoms with Crippen molar-refractivity contribution in [3.8, 4) is 0 Å². The maximum atomic E-state index is 12.6. The number of likely N-dealkylation sites (tertiary alicyclic amines) is 2. The number of amides is 2. The number of carbonyl (C=O) groups is 2. The second-order valence-electron chi connectivity index (χ2n) is 6.76. The highest BCUT2D eigenvalue weighted by atomic mass is 16.2. The van der Waals surface area contributed by atoms with Crippen molar-refractivity contribution in [2.45, 2.75) is 51.4 Å². The molecule has 6 nitrogen and oxygen atoms in total. The molecule has 2 aliphatic heterocycles. The number of aromatic nitrogens is 2. The maximum absolute atomic E-state index is 12.6. The standard InChI is InChI=1S/C17H26N4O2/c1-13-10-18-17(19-13)14-6-5-9-20(11-14)16(23)12-21-8-4-2-3-7-15(21)22/h10,14H,2-9,11-12H2,1H3,(H,18,19)/t14-/m0/s1. The molecule has 0 bridgehead atoms. The molecular weight excluding hydrogens is 292 g/mol. The van der Waals surface area contributed by atoms with E-state index in [0.717, 1.165) is 56.7 Å². The van der Waals surface area contributed by atoms with Crippen molar-refractivity contribution in [2.75, 3.05) is 26.2 Å². The van der Waals surface area contributed by atoms with Gasteiger partial charge in [-0.3, -0.25) is 9.59 Å². The lowest BCUT2D eigenvalue weighted by atomic mass is 9.97. The first-order valence-corrected chi connectivity index (χ1v) is 8.70. The Morgan fingerprint density at radius 2 is 2.17 bits per heavy atom. The van der Waals surface area contributed by atoms with Crippen molar-refractivity contribution in [1.29, 1.82) is 0 Å². The van der Waals surface area contributed by atoms with E-state index in [1.54, 1.807) is 4.90 Å². The molecule has 0 spiro atoms. The van der Waals surface area contributed by atoms with E-state index in [-0.39, 0.29) is 24.3 Å². The summed E-state index contributed by atoms with van der Waals surface area (Å²) in [5.41, 5.74) is 1.05. The number of nitrogens with one attached hydrogen (secondary N) is 1. The van der Waals surface area contributed by atoms with E-state index in [4.69, 9.17) is 0 Å². The Balaban J connectivity index is 1.59. The van der Waals surface area contributed by atoms with Crippen molar-refractivity contribution in [2.24, 2.45) is 0 Å². The summed E-state index contributed by atoms with van der Waals surface area (Å²) < 4.78 is 0. The molecule has 0 saturated carbocycles. The number of aryl methyl sites for hydroxylation is 1. The number of rotatable bonds is 3. The van der Waals surface area contributed by atoms with E-state index in [1.165, 1.54) is 0 Å². The Morgan fingerprint density at radius 3 is 2.96 bits per heavy atom. The molecule has 126 valence electrons. The summed E-state index contributed by atoms with van der Waals surface area (Å²) in [4.78, 5) is 36.0. The zero-order valence-electron chi connectivity index (χ0n) is 13.9. The van der Waals surface area contributed by atoms with Crippen molar-refractivity contribution in [1.82, 2.24) is 19.8 Å². The summed E-state index contributed by atoms with van der Waals surface area (Å²) in [7, 11) is 0. The van der Waals surface area contributed by atoms with Crippen molar-refractivity contribution in [3.05, 3.63) is 17.7 Å². The first-order valence-electron chi connectivity index (χ1n) is 8.70. The highest BCUT2D eigenvalue weighted by Gasteiger charge is 2.28. The lowest BCUT2D eigenvalue weighted by Gasteiger charge is -2.33. The van der Waals surface area contributed by atoms with Gasteiger partial charge in [-0.15, -0.1) is 0 Å². The fourth-order valence-electron chi connectivity index (χ4n) is 3.54. The summed E-state index contributed by atoms with van der Waals surface area (Å²) >= 11 is 0. The van der Waals surface area contributed by atoms with Crippen LogP contribution in [-0.2, 0) is 9.59 Å². The Morgan fingerprint density at radius 1 is 1.30 bits per heavy atom. The first kappa shape index (κ1) is 16.0. The van der Waals surface area contributed by atoms with Gasteiger partial charge in [0.25, 0.3) is 0 Å². The van der Waals surface area contributed by atoms with Crippen LogP contribution in [0.25, 0.3) is 0 Å². The number of imidazole rings is 1. The molecule has 1 aromatic heterocycles. The van der Waals surface area contributed by atoms with E-state index in [1.807, 2.05) is 18.0 Å². The smallest absolute Gasteiger partial charge is 0.242 e. The van der Waals surface area contributed by atoms with E-state index in [2.05, 4.69) is 9.97 Å². The summed E-state index contributed by atoms with van der Waals surface area (Å²) in [5, 5.41) is 0. The molecule has 2 aliphatic rings. The number of hydrogen-bond acceptors (Lipinski definition) is 3. The van der Waals surface area contributed by atoms with Crippen LogP contribution in [0.1, 0.15) is 56.0 Å². The van der Waals surface area contributed by atoms with Gasteiger partial charge in [0.05, 0.1) is 6.54 Å². The zero-order chi connectivity index (χ0) is 16.2. The summed E-state index contributed by atoms with van der Waals surface area (Å²) in [6.45, 7) is 4.44. The molecule has 3 rings (SSSR count). The fraction of sp³-hybridized carbons (Fsp3) is 0.706. The highest BCUT2D eigenvalue weighted by Crippen LogP contribution is 2.25. The van der Waals surface area contributed by atoms with Gasteiger partial charge < -0.3 is 14.8 Å². The van der Waals surface area contributed by atoms with Crippen LogP contribution in [0.15, 0.2) is 6.20 Å². The highest BCUT2D eigenvalue weighted by molar-refractivity contribution is 5.85. The molecule has 2 fully saturated rings. The van der Waals surface area contributed by atoms with Gasteiger partial charge in [0.2, 0.25) is 11.8 Å².